The van der Waals surface area contributed by atoms with Gasteiger partial charge in [-0.2, -0.15) is 5.26 Å². The number of hydrogen-bond acceptors (Lipinski definition) is 5. The Kier molecular flexibility index (Phi) is 7.72. The summed E-state index contributed by atoms with van der Waals surface area (Å²) in [6.07, 6.45) is 2.08. The molecule has 6 heteroatoms. The lowest BCUT2D eigenvalue weighted by Gasteiger charge is -2.07. The van der Waals surface area contributed by atoms with E-state index in [0.717, 1.165) is 11.4 Å². The molecule has 0 saturated carbocycles. The highest BCUT2D eigenvalue weighted by atomic mass is 16.5. The summed E-state index contributed by atoms with van der Waals surface area (Å²) < 4.78 is 10.6. The van der Waals surface area contributed by atoms with E-state index in [4.69, 9.17) is 14.7 Å². The molecule has 0 aliphatic carbocycles. The SMILES string of the molecule is COCCCNC(=O)/C(C#N)=C\Nc1ccc(Oc2ccccc2)cc1. The van der Waals surface area contributed by atoms with Crippen LogP contribution in [-0.2, 0) is 9.53 Å². The summed E-state index contributed by atoms with van der Waals surface area (Å²) in [6.45, 7) is 1.01. The second-order valence-corrected chi connectivity index (χ2v) is 5.36. The molecule has 0 heterocycles. The monoisotopic (exact) mass is 351 g/mol. The van der Waals surface area contributed by atoms with Crippen LogP contribution in [0.1, 0.15) is 6.42 Å². The van der Waals surface area contributed by atoms with E-state index in [1.807, 2.05) is 36.4 Å². The third-order valence-electron chi connectivity index (χ3n) is 3.39. The molecule has 0 fully saturated rings. The summed E-state index contributed by atoms with van der Waals surface area (Å²) in [5, 5.41) is 14.7. The summed E-state index contributed by atoms with van der Waals surface area (Å²) in [6, 6.07) is 18.6. The predicted octanol–water partition coefficient (Wildman–Crippen LogP) is 3.45. The van der Waals surface area contributed by atoms with Crippen molar-refractivity contribution >= 4 is 11.6 Å². The van der Waals surface area contributed by atoms with Crippen LogP contribution in [-0.4, -0.2) is 26.2 Å². The van der Waals surface area contributed by atoms with Crippen LogP contribution in [0.5, 0.6) is 11.5 Å². The minimum atomic E-state index is -0.417. The Bertz CT molecular complexity index is 765. The second-order valence-electron chi connectivity index (χ2n) is 5.36. The van der Waals surface area contributed by atoms with Crippen molar-refractivity contribution in [2.45, 2.75) is 6.42 Å². The van der Waals surface area contributed by atoms with E-state index in [1.54, 1.807) is 31.4 Å². The largest absolute Gasteiger partial charge is 0.457 e. The molecular formula is C20H21N3O3. The summed E-state index contributed by atoms with van der Waals surface area (Å²) in [5.74, 6) is 1.03. The smallest absolute Gasteiger partial charge is 0.263 e. The number of rotatable bonds is 9. The summed E-state index contributed by atoms with van der Waals surface area (Å²) in [7, 11) is 1.60. The van der Waals surface area contributed by atoms with Crippen molar-refractivity contribution in [1.29, 1.82) is 5.26 Å². The van der Waals surface area contributed by atoms with Gasteiger partial charge >= 0.3 is 0 Å². The van der Waals surface area contributed by atoms with Gasteiger partial charge < -0.3 is 20.1 Å². The van der Waals surface area contributed by atoms with E-state index in [9.17, 15) is 4.79 Å². The Morgan fingerprint density at radius 3 is 2.46 bits per heavy atom. The third-order valence-corrected chi connectivity index (χ3v) is 3.39. The first-order valence-corrected chi connectivity index (χ1v) is 8.20. The number of anilines is 1. The minimum absolute atomic E-state index is 0.00651. The van der Waals surface area contributed by atoms with Crippen LogP contribution in [0.4, 0.5) is 5.69 Å². The summed E-state index contributed by atoms with van der Waals surface area (Å²) >= 11 is 0. The maximum atomic E-state index is 11.9. The van der Waals surface area contributed by atoms with Gasteiger partial charge in [-0.15, -0.1) is 0 Å². The molecule has 0 aromatic heterocycles. The number of nitriles is 1. The first kappa shape index (κ1) is 19.0. The van der Waals surface area contributed by atoms with E-state index in [1.165, 1.54) is 6.20 Å². The van der Waals surface area contributed by atoms with Gasteiger partial charge in [-0.25, -0.2) is 0 Å². The molecule has 0 aliphatic heterocycles. The number of para-hydroxylation sites is 1. The fourth-order valence-electron chi connectivity index (χ4n) is 2.06. The van der Waals surface area contributed by atoms with E-state index in [0.29, 0.717) is 25.3 Å². The van der Waals surface area contributed by atoms with Gasteiger partial charge in [0.2, 0.25) is 0 Å². The molecule has 2 N–H and O–H groups in total. The molecule has 0 aliphatic rings. The molecule has 0 bridgehead atoms. The number of amides is 1. The molecule has 26 heavy (non-hydrogen) atoms. The van der Waals surface area contributed by atoms with Gasteiger partial charge in [0, 0.05) is 32.1 Å². The molecule has 0 saturated heterocycles. The minimum Gasteiger partial charge on any atom is -0.457 e. The quantitative estimate of drug-likeness (QED) is 0.411. The highest BCUT2D eigenvalue weighted by molar-refractivity contribution is 5.97. The lowest BCUT2D eigenvalue weighted by Crippen LogP contribution is -2.26. The van der Waals surface area contributed by atoms with E-state index >= 15 is 0 Å². The lowest BCUT2D eigenvalue weighted by atomic mass is 10.2. The molecular weight excluding hydrogens is 330 g/mol. The van der Waals surface area contributed by atoms with Crippen LogP contribution < -0.4 is 15.4 Å². The van der Waals surface area contributed by atoms with Gasteiger partial charge in [0.1, 0.15) is 23.1 Å². The molecule has 2 aromatic rings. The molecule has 0 radical (unpaired) electrons. The van der Waals surface area contributed by atoms with Crippen molar-refractivity contribution in [1.82, 2.24) is 5.32 Å². The fraction of sp³-hybridized carbons (Fsp3) is 0.200. The zero-order valence-corrected chi connectivity index (χ0v) is 14.6. The topological polar surface area (TPSA) is 83.4 Å². The highest BCUT2D eigenvalue weighted by Crippen LogP contribution is 2.22. The van der Waals surface area contributed by atoms with Crippen LogP contribution in [0, 0.1) is 11.3 Å². The van der Waals surface area contributed by atoms with Crippen LogP contribution in [0.15, 0.2) is 66.4 Å². The number of hydrogen-bond donors (Lipinski definition) is 2. The van der Waals surface area contributed by atoms with Crippen molar-refractivity contribution in [3.05, 3.63) is 66.4 Å². The van der Waals surface area contributed by atoms with Gasteiger partial charge in [0.25, 0.3) is 5.91 Å². The molecule has 0 atom stereocenters. The molecule has 0 unspecified atom stereocenters. The van der Waals surface area contributed by atoms with Crippen LogP contribution >= 0.6 is 0 Å². The number of carbonyl (C=O) groups excluding carboxylic acids is 1. The van der Waals surface area contributed by atoms with Gasteiger partial charge in [0.15, 0.2) is 0 Å². The van der Waals surface area contributed by atoms with Gasteiger partial charge in [-0.1, -0.05) is 18.2 Å². The van der Waals surface area contributed by atoms with E-state index in [2.05, 4.69) is 10.6 Å². The van der Waals surface area contributed by atoms with E-state index in [-0.39, 0.29) is 5.57 Å². The second kappa shape index (κ2) is 10.5. The highest BCUT2D eigenvalue weighted by Gasteiger charge is 2.07. The molecule has 1 amide bonds. The lowest BCUT2D eigenvalue weighted by molar-refractivity contribution is -0.117. The zero-order valence-electron chi connectivity index (χ0n) is 14.6. The third kappa shape index (κ3) is 6.30. The number of benzene rings is 2. The van der Waals surface area contributed by atoms with Gasteiger partial charge in [-0.3, -0.25) is 4.79 Å². The molecule has 0 spiro atoms. The maximum absolute atomic E-state index is 11.9. The van der Waals surface area contributed by atoms with Crippen molar-refractivity contribution in [3.8, 4) is 17.6 Å². The van der Waals surface area contributed by atoms with Crippen molar-refractivity contribution in [2.24, 2.45) is 0 Å². The molecule has 134 valence electrons. The van der Waals surface area contributed by atoms with Gasteiger partial charge in [0.05, 0.1) is 0 Å². The van der Waals surface area contributed by atoms with Crippen molar-refractivity contribution in [3.63, 3.8) is 0 Å². The molecule has 6 nitrogen and oxygen atoms in total. The van der Waals surface area contributed by atoms with E-state index < -0.39 is 5.91 Å². The predicted molar refractivity (Wildman–Crippen MR) is 99.8 cm³/mol. The number of ether oxygens (including phenoxy) is 2. The number of carbonyl (C=O) groups is 1. The average molecular weight is 351 g/mol. The Hall–Kier alpha value is -3.30. The number of methoxy groups -OCH3 is 1. The normalized spacial score (nSPS) is 10.7. The number of nitrogens with one attached hydrogen (secondary N) is 2. The number of nitrogens with zero attached hydrogens (tertiary/aromatic N) is 1. The average Bonchev–Trinajstić information content (AvgIpc) is 2.68. The Balaban J connectivity index is 1.89. The first-order chi connectivity index (χ1) is 12.7. The summed E-state index contributed by atoms with van der Waals surface area (Å²) in [4.78, 5) is 11.9. The van der Waals surface area contributed by atoms with Crippen LogP contribution in [0.3, 0.4) is 0 Å². The first-order valence-electron chi connectivity index (χ1n) is 8.20. The van der Waals surface area contributed by atoms with Gasteiger partial charge in [-0.05, 0) is 42.8 Å². The Labute approximate surface area is 153 Å². The zero-order chi connectivity index (χ0) is 18.6. The van der Waals surface area contributed by atoms with Crippen molar-refractivity contribution in [2.75, 3.05) is 25.6 Å². The molecule has 2 aromatic carbocycles. The molecule has 2 rings (SSSR count). The van der Waals surface area contributed by atoms with Crippen molar-refractivity contribution < 1.29 is 14.3 Å². The Morgan fingerprint density at radius 2 is 1.81 bits per heavy atom. The van der Waals surface area contributed by atoms with Crippen LogP contribution in [0.2, 0.25) is 0 Å². The Morgan fingerprint density at radius 1 is 1.12 bits per heavy atom. The van der Waals surface area contributed by atoms with Crippen LogP contribution in [0.25, 0.3) is 0 Å². The standard InChI is InChI=1S/C20H21N3O3/c1-25-13-5-12-22-20(24)16(14-21)15-23-17-8-10-19(11-9-17)26-18-6-3-2-4-7-18/h2-4,6-11,15,23H,5,12-13H2,1H3,(H,22,24)/b16-15-. The fourth-order valence-corrected chi connectivity index (χ4v) is 2.06. The summed E-state index contributed by atoms with van der Waals surface area (Å²) in [5.41, 5.74) is 0.748. The maximum Gasteiger partial charge on any atom is 0.263 e.